The highest BCUT2D eigenvalue weighted by atomic mass is 16.2. The largest absolute Gasteiger partial charge is 0.340 e. The molecule has 0 saturated carbocycles. The number of hydrogen-bond donors (Lipinski definition) is 2. The maximum atomic E-state index is 13.5. The summed E-state index contributed by atoms with van der Waals surface area (Å²) in [5, 5.41) is 2.98. The van der Waals surface area contributed by atoms with Gasteiger partial charge in [0.25, 0.3) is 11.8 Å². The lowest BCUT2D eigenvalue weighted by atomic mass is 9.92. The van der Waals surface area contributed by atoms with Gasteiger partial charge in [-0.15, -0.1) is 0 Å². The van der Waals surface area contributed by atoms with Gasteiger partial charge in [-0.05, 0) is 36.0 Å². The maximum absolute atomic E-state index is 13.5. The Hall–Kier alpha value is -3.19. The number of nitrogens with zero attached hydrogens (tertiary/aromatic N) is 2. The molecule has 3 amide bonds. The zero-order valence-electron chi connectivity index (χ0n) is 21.5. The number of quaternary nitrogens is 1. The van der Waals surface area contributed by atoms with Crippen LogP contribution in [0.3, 0.4) is 0 Å². The van der Waals surface area contributed by atoms with Gasteiger partial charge < -0.3 is 20.0 Å². The number of piperazine rings is 1. The number of hydrogen-bond acceptors (Lipinski definition) is 3. The first-order chi connectivity index (χ1) is 17.4. The van der Waals surface area contributed by atoms with Crippen LogP contribution in [0.15, 0.2) is 60.7 Å². The first-order valence-corrected chi connectivity index (χ1v) is 13.2. The topological polar surface area (TPSA) is 74.2 Å². The van der Waals surface area contributed by atoms with E-state index in [1.165, 1.54) is 11.3 Å². The van der Waals surface area contributed by atoms with Crippen molar-refractivity contribution in [1.29, 1.82) is 0 Å². The Kier molecular flexibility index (Phi) is 8.75. The Bertz CT molecular complexity index is 1010. The minimum absolute atomic E-state index is 0.0628. The fourth-order valence-corrected chi connectivity index (χ4v) is 5.51. The molecular formula is C29H39N4O3+. The van der Waals surface area contributed by atoms with E-state index < -0.39 is 6.04 Å². The van der Waals surface area contributed by atoms with Gasteiger partial charge in [-0.25, -0.2) is 0 Å². The lowest BCUT2D eigenvalue weighted by molar-refractivity contribution is -0.896. The van der Waals surface area contributed by atoms with Crippen LogP contribution in [0.5, 0.6) is 0 Å². The summed E-state index contributed by atoms with van der Waals surface area (Å²) in [5.74, 6) is 1.02. The number of amides is 3. The molecule has 0 aliphatic carbocycles. The Labute approximate surface area is 214 Å². The second-order valence-corrected chi connectivity index (χ2v) is 10.6. The highest BCUT2D eigenvalue weighted by molar-refractivity contribution is 5.97. The van der Waals surface area contributed by atoms with Gasteiger partial charge in [0.1, 0.15) is 6.04 Å². The summed E-state index contributed by atoms with van der Waals surface area (Å²) in [7, 11) is 0. The molecule has 0 bridgehead atoms. The summed E-state index contributed by atoms with van der Waals surface area (Å²) in [6.45, 7) is 9.27. The normalized spacial score (nSPS) is 21.6. The van der Waals surface area contributed by atoms with Crippen LogP contribution in [-0.2, 0) is 16.0 Å². The predicted molar refractivity (Wildman–Crippen MR) is 140 cm³/mol. The van der Waals surface area contributed by atoms with Crippen molar-refractivity contribution < 1.29 is 19.3 Å². The number of rotatable bonds is 7. The average molecular weight is 492 g/mol. The Morgan fingerprint density at radius 1 is 0.889 bits per heavy atom. The lowest BCUT2D eigenvalue weighted by Gasteiger charge is -2.37. The molecule has 2 aliphatic rings. The van der Waals surface area contributed by atoms with Gasteiger partial charge in [0.05, 0.1) is 26.2 Å². The van der Waals surface area contributed by atoms with Gasteiger partial charge in [0, 0.05) is 25.1 Å². The van der Waals surface area contributed by atoms with Gasteiger partial charge in [-0.3, -0.25) is 14.4 Å². The van der Waals surface area contributed by atoms with E-state index in [1.807, 2.05) is 58.3 Å². The van der Waals surface area contributed by atoms with Crippen molar-refractivity contribution in [3.05, 3.63) is 71.8 Å². The van der Waals surface area contributed by atoms with Crippen LogP contribution in [0.25, 0.3) is 0 Å². The molecule has 2 aliphatic heterocycles. The highest BCUT2D eigenvalue weighted by Gasteiger charge is 2.33. The van der Waals surface area contributed by atoms with E-state index in [2.05, 4.69) is 19.2 Å². The number of likely N-dealkylation sites (tertiary alicyclic amines) is 1. The number of piperidine rings is 1. The summed E-state index contributed by atoms with van der Waals surface area (Å²) in [6, 6.07) is 18.1. The smallest absolute Gasteiger partial charge is 0.277 e. The summed E-state index contributed by atoms with van der Waals surface area (Å²) < 4.78 is 0. The molecular weight excluding hydrogens is 452 g/mol. The molecule has 0 spiro atoms. The quantitative estimate of drug-likeness (QED) is 0.613. The first-order valence-electron chi connectivity index (χ1n) is 13.2. The Morgan fingerprint density at radius 3 is 2.08 bits per heavy atom. The average Bonchev–Trinajstić information content (AvgIpc) is 2.89. The van der Waals surface area contributed by atoms with Crippen molar-refractivity contribution in [2.45, 2.75) is 32.7 Å². The van der Waals surface area contributed by atoms with Crippen molar-refractivity contribution in [2.75, 3.05) is 45.8 Å². The Balaban J connectivity index is 1.35. The molecule has 2 fully saturated rings. The van der Waals surface area contributed by atoms with E-state index in [-0.39, 0.29) is 17.7 Å². The van der Waals surface area contributed by atoms with E-state index >= 15 is 0 Å². The van der Waals surface area contributed by atoms with E-state index in [0.717, 1.165) is 31.7 Å². The minimum atomic E-state index is -0.639. The van der Waals surface area contributed by atoms with E-state index in [4.69, 9.17) is 0 Å². The van der Waals surface area contributed by atoms with E-state index in [9.17, 15) is 14.4 Å². The van der Waals surface area contributed by atoms with Gasteiger partial charge in [-0.1, -0.05) is 62.4 Å². The van der Waals surface area contributed by atoms with Crippen LogP contribution in [0.4, 0.5) is 0 Å². The van der Waals surface area contributed by atoms with Crippen LogP contribution in [0.2, 0.25) is 0 Å². The second kappa shape index (κ2) is 12.2. The molecule has 2 saturated heterocycles. The molecule has 192 valence electrons. The fourth-order valence-electron chi connectivity index (χ4n) is 5.51. The third kappa shape index (κ3) is 6.94. The summed E-state index contributed by atoms with van der Waals surface area (Å²) in [5.41, 5.74) is 1.54. The van der Waals surface area contributed by atoms with E-state index in [0.29, 0.717) is 43.5 Å². The molecule has 3 unspecified atom stereocenters. The molecule has 2 aromatic rings. The lowest BCUT2D eigenvalue weighted by Crippen LogP contribution is -3.16. The molecule has 2 N–H and O–H groups in total. The molecule has 3 atom stereocenters. The molecule has 7 nitrogen and oxygen atoms in total. The SMILES string of the molecule is CC1CC(C)CN(C(=O)C[NH+]2CCN(C(=O)C(Cc3ccccc3)NC(=O)c3ccccc3)CC2)C1. The standard InChI is InChI=1S/C29H38N4O3/c1-22-17-23(2)20-33(19-22)27(34)21-31-13-15-32(16-14-31)29(36)26(18-24-9-5-3-6-10-24)30-28(35)25-11-7-4-8-12-25/h3-12,22-23,26H,13-21H2,1-2H3,(H,30,35)/p+1. The molecule has 0 radical (unpaired) electrons. The first kappa shape index (κ1) is 25.9. The molecule has 4 rings (SSSR count). The van der Waals surface area contributed by atoms with Gasteiger partial charge >= 0.3 is 0 Å². The Morgan fingerprint density at radius 2 is 1.47 bits per heavy atom. The molecule has 36 heavy (non-hydrogen) atoms. The maximum Gasteiger partial charge on any atom is 0.277 e. The molecule has 7 heteroatoms. The monoisotopic (exact) mass is 491 g/mol. The second-order valence-electron chi connectivity index (χ2n) is 10.6. The number of benzene rings is 2. The van der Waals surface area contributed by atoms with Crippen LogP contribution >= 0.6 is 0 Å². The van der Waals surface area contributed by atoms with Crippen molar-refractivity contribution in [1.82, 2.24) is 15.1 Å². The zero-order valence-corrected chi connectivity index (χ0v) is 21.5. The van der Waals surface area contributed by atoms with Crippen LogP contribution < -0.4 is 10.2 Å². The number of nitrogens with one attached hydrogen (secondary N) is 2. The number of carbonyl (C=O) groups is 3. The molecule has 2 heterocycles. The minimum Gasteiger partial charge on any atom is -0.340 e. The number of carbonyl (C=O) groups excluding carboxylic acids is 3. The van der Waals surface area contributed by atoms with Crippen molar-refractivity contribution in [3.63, 3.8) is 0 Å². The van der Waals surface area contributed by atoms with Gasteiger partial charge in [0.15, 0.2) is 6.54 Å². The molecule has 2 aromatic carbocycles. The third-order valence-corrected chi connectivity index (χ3v) is 7.33. The molecule has 0 aromatic heterocycles. The zero-order chi connectivity index (χ0) is 25.5. The van der Waals surface area contributed by atoms with Crippen molar-refractivity contribution >= 4 is 17.7 Å². The summed E-state index contributed by atoms with van der Waals surface area (Å²) >= 11 is 0. The third-order valence-electron chi connectivity index (χ3n) is 7.33. The highest BCUT2D eigenvalue weighted by Crippen LogP contribution is 2.20. The van der Waals surface area contributed by atoms with Crippen LogP contribution in [0.1, 0.15) is 36.2 Å². The summed E-state index contributed by atoms with van der Waals surface area (Å²) in [4.78, 5) is 44.4. The van der Waals surface area contributed by atoms with Gasteiger partial charge in [-0.2, -0.15) is 0 Å². The fraction of sp³-hybridized carbons (Fsp3) is 0.483. The predicted octanol–water partition coefficient (Wildman–Crippen LogP) is 1.26. The van der Waals surface area contributed by atoms with Crippen LogP contribution in [-0.4, -0.2) is 79.4 Å². The van der Waals surface area contributed by atoms with E-state index in [1.54, 1.807) is 12.1 Å². The van der Waals surface area contributed by atoms with Crippen molar-refractivity contribution in [3.8, 4) is 0 Å². The van der Waals surface area contributed by atoms with Crippen LogP contribution in [0, 0.1) is 11.8 Å². The summed E-state index contributed by atoms with van der Waals surface area (Å²) in [6.07, 6.45) is 1.62. The van der Waals surface area contributed by atoms with Gasteiger partial charge in [0.2, 0.25) is 5.91 Å². The van der Waals surface area contributed by atoms with Crippen molar-refractivity contribution in [2.24, 2.45) is 11.8 Å².